The van der Waals surface area contributed by atoms with Gasteiger partial charge >= 0.3 is 12.1 Å². The minimum atomic E-state index is -4.74. The summed E-state index contributed by atoms with van der Waals surface area (Å²) in [6.45, 7) is 0. The highest BCUT2D eigenvalue weighted by Gasteiger charge is 2.74. The van der Waals surface area contributed by atoms with Crippen molar-refractivity contribution in [2.75, 3.05) is 12.9 Å². The van der Waals surface area contributed by atoms with Gasteiger partial charge in [-0.25, -0.2) is 4.79 Å². The van der Waals surface area contributed by atoms with E-state index in [1.807, 2.05) is 0 Å². The Bertz CT molecular complexity index is 479. The minimum absolute atomic E-state index is 0.141. The molecule has 1 heterocycles. The number of rotatable bonds is 1. The molecule has 0 N–H and O–H groups in total. The van der Waals surface area contributed by atoms with Crippen molar-refractivity contribution < 1.29 is 27.4 Å². The van der Waals surface area contributed by atoms with Gasteiger partial charge in [-0.15, -0.1) is 11.8 Å². The van der Waals surface area contributed by atoms with Crippen molar-refractivity contribution in [2.24, 2.45) is 23.7 Å². The average molecular weight is 336 g/mol. The molecular formula is C15H19F3O3S. The molecular weight excluding hydrogens is 317 g/mol. The van der Waals surface area contributed by atoms with Crippen molar-refractivity contribution in [2.45, 2.75) is 48.8 Å². The number of alkyl halides is 3. The highest BCUT2D eigenvalue weighted by atomic mass is 32.2. The largest absolute Gasteiger partial charge is 0.467 e. The second-order valence-electron chi connectivity index (χ2n) is 7.23. The smallest absolute Gasteiger partial charge is 0.429 e. The Labute approximate surface area is 131 Å². The van der Waals surface area contributed by atoms with Crippen molar-refractivity contribution in [3.05, 3.63) is 0 Å². The van der Waals surface area contributed by atoms with Gasteiger partial charge in [0.1, 0.15) is 4.93 Å². The predicted molar refractivity (Wildman–Crippen MR) is 74.1 cm³/mol. The molecule has 124 valence electrons. The van der Waals surface area contributed by atoms with E-state index in [0.29, 0.717) is 11.8 Å². The van der Waals surface area contributed by atoms with Gasteiger partial charge in [0, 0.05) is 5.75 Å². The maximum absolute atomic E-state index is 13.6. The van der Waals surface area contributed by atoms with Crippen LogP contribution in [0.4, 0.5) is 13.2 Å². The summed E-state index contributed by atoms with van der Waals surface area (Å²) in [6.07, 6.45) is 0.231. The monoisotopic (exact) mass is 336 g/mol. The molecule has 0 unspecified atom stereocenters. The zero-order valence-electron chi connectivity index (χ0n) is 12.3. The lowest BCUT2D eigenvalue weighted by Crippen LogP contribution is -2.61. The Kier molecular flexibility index (Phi) is 3.13. The van der Waals surface area contributed by atoms with Gasteiger partial charge in [-0.1, -0.05) is 0 Å². The third-order valence-electron chi connectivity index (χ3n) is 6.08. The number of hydrogen-bond acceptors (Lipinski definition) is 4. The quantitative estimate of drug-likeness (QED) is 0.688. The van der Waals surface area contributed by atoms with Gasteiger partial charge in [-0.3, -0.25) is 0 Å². The van der Waals surface area contributed by atoms with E-state index in [1.54, 1.807) is 0 Å². The minimum Gasteiger partial charge on any atom is -0.467 e. The molecule has 7 heteroatoms. The molecule has 5 fully saturated rings. The van der Waals surface area contributed by atoms with Gasteiger partial charge in [0.15, 0.2) is 0 Å². The van der Waals surface area contributed by atoms with E-state index in [1.165, 1.54) is 18.2 Å². The molecule has 0 aromatic rings. The summed E-state index contributed by atoms with van der Waals surface area (Å²) in [5.41, 5.74) is -2.79. The number of halogens is 3. The standard InChI is InChI=1S/C15H19F3O3S/c1-20-12(19)13(15(16,17)18)7-22-14(21-13)10-3-8-2-9(5-10)6-11(14)4-8/h8-11H,2-7H2,1H3/t8?,9?,10?,11?,13-,14?/m0/s1. The van der Waals surface area contributed by atoms with Gasteiger partial charge in [-0.05, 0) is 55.8 Å². The second kappa shape index (κ2) is 4.56. The number of carbonyl (C=O) groups excluding carboxylic acids is 1. The maximum atomic E-state index is 13.6. The average Bonchev–Trinajstić information content (AvgIpc) is 2.86. The Morgan fingerprint density at radius 2 is 1.68 bits per heavy atom. The molecule has 1 saturated heterocycles. The number of thioether (sulfide) groups is 1. The molecule has 22 heavy (non-hydrogen) atoms. The summed E-state index contributed by atoms with van der Waals surface area (Å²) in [7, 11) is 0.992. The number of ether oxygens (including phenoxy) is 2. The van der Waals surface area contributed by atoms with Gasteiger partial charge in [0.05, 0.1) is 7.11 Å². The van der Waals surface area contributed by atoms with Crippen molar-refractivity contribution in [1.29, 1.82) is 0 Å². The third kappa shape index (κ3) is 1.78. The van der Waals surface area contributed by atoms with Gasteiger partial charge < -0.3 is 9.47 Å². The van der Waals surface area contributed by atoms with Crippen molar-refractivity contribution in [3.63, 3.8) is 0 Å². The lowest BCUT2D eigenvalue weighted by molar-refractivity contribution is -0.298. The predicted octanol–water partition coefficient (Wildman–Crippen LogP) is 3.38. The van der Waals surface area contributed by atoms with Crippen LogP contribution in [0.15, 0.2) is 0 Å². The lowest BCUT2D eigenvalue weighted by Gasteiger charge is -2.59. The molecule has 1 spiro atoms. The van der Waals surface area contributed by atoms with Crippen LogP contribution in [0.2, 0.25) is 0 Å². The van der Waals surface area contributed by atoms with Crippen molar-refractivity contribution in [1.82, 2.24) is 0 Å². The van der Waals surface area contributed by atoms with Gasteiger partial charge in [-0.2, -0.15) is 13.2 Å². The molecule has 0 radical (unpaired) electrons. The van der Waals surface area contributed by atoms with E-state index < -0.39 is 22.7 Å². The topological polar surface area (TPSA) is 35.5 Å². The summed E-state index contributed by atoms with van der Waals surface area (Å²) >= 11 is 1.21. The van der Waals surface area contributed by atoms with Crippen LogP contribution in [0, 0.1) is 23.7 Å². The first-order chi connectivity index (χ1) is 10.3. The Morgan fingerprint density at radius 1 is 1.14 bits per heavy atom. The van der Waals surface area contributed by atoms with Crippen LogP contribution in [0.1, 0.15) is 32.1 Å². The normalized spacial score (nSPS) is 49.8. The molecule has 1 atom stereocenters. The molecule has 5 aliphatic rings. The van der Waals surface area contributed by atoms with Crippen LogP contribution in [0.25, 0.3) is 0 Å². The summed E-state index contributed by atoms with van der Waals surface area (Å²) in [4.78, 5) is 11.1. The molecule has 3 nitrogen and oxygen atoms in total. The maximum Gasteiger partial charge on any atom is 0.429 e. The van der Waals surface area contributed by atoms with Crippen LogP contribution in [0.3, 0.4) is 0 Å². The van der Waals surface area contributed by atoms with Crippen LogP contribution in [-0.4, -0.2) is 35.5 Å². The van der Waals surface area contributed by atoms with Crippen LogP contribution >= 0.6 is 11.8 Å². The Balaban J connectivity index is 1.70. The summed E-state index contributed by atoms with van der Waals surface area (Å²) < 4.78 is 51.0. The fourth-order valence-electron chi connectivity index (χ4n) is 5.31. The molecule has 5 rings (SSSR count). The van der Waals surface area contributed by atoms with E-state index in [0.717, 1.165) is 32.8 Å². The van der Waals surface area contributed by atoms with Crippen LogP contribution in [0.5, 0.6) is 0 Å². The first-order valence-electron chi connectivity index (χ1n) is 7.80. The first-order valence-corrected chi connectivity index (χ1v) is 8.78. The van der Waals surface area contributed by atoms with E-state index >= 15 is 0 Å². The summed E-state index contributed by atoms with van der Waals surface area (Å²) in [5, 5.41) is 0. The number of hydrogen-bond donors (Lipinski definition) is 0. The molecule has 1 aliphatic heterocycles. The highest BCUT2D eigenvalue weighted by molar-refractivity contribution is 8.00. The Hall–Kier alpha value is -0.430. The fraction of sp³-hybridized carbons (Fsp3) is 0.933. The number of methoxy groups -OCH3 is 1. The van der Waals surface area contributed by atoms with E-state index in [4.69, 9.17) is 4.74 Å². The van der Waals surface area contributed by atoms with Crippen LogP contribution < -0.4 is 0 Å². The SMILES string of the molecule is COC(=O)[C@]1(C(F)(F)F)CSC2(O1)C1CC3CC(C1)CC2C3. The number of carbonyl (C=O) groups is 1. The highest BCUT2D eigenvalue weighted by Crippen LogP contribution is 2.67. The lowest BCUT2D eigenvalue weighted by atomic mass is 9.54. The fourth-order valence-corrected chi connectivity index (χ4v) is 7.14. The molecule has 4 saturated carbocycles. The molecule has 4 aliphatic carbocycles. The molecule has 4 bridgehead atoms. The van der Waals surface area contributed by atoms with E-state index in [2.05, 4.69) is 4.74 Å². The van der Waals surface area contributed by atoms with E-state index in [-0.39, 0.29) is 17.6 Å². The van der Waals surface area contributed by atoms with Crippen LogP contribution in [-0.2, 0) is 14.3 Å². The zero-order valence-corrected chi connectivity index (χ0v) is 13.1. The zero-order chi connectivity index (χ0) is 15.8. The van der Waals surface area contributed by atoms with E-state index in [9.17, 15) is 18.0 Å². The van der Waals surface area contributed by atoms with Crippen molar-refractivity contribution in [3.8, 4) is 0 Å². The number of esters is 1. The summed E-state index contributed by atoms with van der Waals surface area (Å²) in [5.74, 6) is -0.137. The molecule has 0 aromatic heterocycles. The molecule has 0 aromatic carbocycles. The second-order valence-corrected chi connectivity index (χ2v) is 8.45. The first kappa shape index (κ1) is 15.1. The third-order valence-corrected chi connectivity index (χ3v) is 7.84. The Morgan fingerprint density at radius 3 is 2.14 bits per heavy atom. The van der Waals surface area contributed by atoms with Gasteiger partial charge in [0.2, 0.25) is 0 Å². The molecule has 0 amide bonds. The summed E-state index contributed by atoms with van der Waals surface area (Å²) in [6, 6.07) is 0. The van der Waals surface area contributed by atoms with Gasteiger partial charge in [0.25, 0.3) is 5.60 Å². The van der Waals surface area contributed by atoms with Crippen molar-refractivity contribution >= 4 is 17.7 Å².